The molecule has 25 heavy (non-hydrogen) atoms. The third-order valence-corrected chi connectivity index (χ3v) is 5.42. The SMILES string of the molecule is [2H]C([2H])([2H])Oc1ccc2c(c1)C(=O)N1CCC[C@H]1c1c(C(=O)SCC)ncn1-2. The first-order valence-corrected chi connectivity index (χ1v) is 9.17. The molecular weight excluding hydrogens is 338 g/mol. The van der Waals surface area contributed by atoms with Crippen LogP contribution >= 0.6 is 11.8 Å². The van der Waals surface area contributed by atoms with E-state index in [4.69, 9.17) is 8.85 Å². The highest BCUT2D eigenvalue weighted by atomic mass is 32.2. The van der Waals surface area contributed by atoms with Crippen LogP contribution in [0.15, 0.2) is 24.5 Å². The van der Waals surface area contributed by atoms with E-state index in [1.165, 1.54) is 23.9 Å². The van der Waals surface area contributed by atoms with Crippen LogP contribution in [0, 0.1) is 0 Å². The molecule has 2 aliphatic rings. The summed E-state index contributed by atoms with van der Waals surface area (Å²) in [5.74, 6) is 0.549. The number of hydrogen-bond acceptors (Lipinski definition) is 5. The van der Waals surface area contributed by atoms with E-state index in [9.17, 15) is 9.59 Å². The van der Waals surface area contributed by atoms with Crippen LogP contribution in [0.5, 0.6) is 5.75 Å². The number of carbonyl (C=O) groups excluding carboxylic acids is 2. The number of amides is 1. The van der Waals surface area contributed by atoms with Crippen LogP contribution in [0.3, 0.4) is 0 Å². The molecule has 0 radical (unpaired) electrons. The van der Waals surface area contributed by atoms with Crippen molar-refractivity contribution in [2.24, 2.45) is 0 Å². The van der Waals surface area contributed by atoms with E-state index in [0.717, 1.165) is 18.5 Å². The fourth-order valence-corrected chi connectivity index (χ4v) is 4.19. The smallest absolute Gasteiger partial charge is 0.256 e. The molecule has 1 fully saturated rings. The summed E-state index contributed by atoms with van der Waals surface area (Å²) >= 11 is 1.19. The highest BCUT2D eigenvalue weighted by Crippen LogP contribution is 2.41. The standard InChI is InChI=1S/C18H19N3O3S/c1-3-25-18(23)15-16-14-5-4-8-20(14)17(22)12-9-11(24-2)6-7-13(12)21(16)10-19-15/h6-7,9-10,14H,3-5,8H2,1-2H3/t14-/m0/s1/i2D3. The van der Waals surface area contributed by atoms with Crippen molar-refractivity contribution in [1.82, 2.24) is 14.5 Å². The molecule has 2 aliphatic heterocycles. The molecule has 7 heteroatoms. The van der Waals surface area contributed by atoms with Gasteiger partial charge in [0, 0.05) is 6.54 Å². The number of rotatable bonds is 3. The quantitative estimate of drug-likeness (QED) is 0.842. The second-order valence-electron chi connectivity index (χ2n) is 6.01. The van der Waals surface area contributed by atoms with Gasteiger partial charge in [-0.1, -0.05) is 18.7 Å². The topological polar surface area (TPSA) is 64.4 Å². The van der Waals surface area contributed by atoms with E-state index in [1.54, 1.807) is 21.9 Å². The molecule has 0 aliphatic carbocycles. The molecule has 1 amide bonds. The minimum Gasteiger partial charge on any atom is -0.497 e. The zero-order chi connectivity index (χ0) is 20.1. The van der Waals surface area contributed by atoms with Crippen molar-refractivity contribution in [3.8, 4) is 11.4 Å². The molecule has 6 nitrogen and oxygen atoms in total. The van der Waals surface area contributed by atoms with Gasteiger partial charge in [-0.3, -0.25) is 14.2 Å². The first kappa shape index (κ1) is 13.0. The fraction of sp³-hybridized carbons (Fsp3) is 0.389. The lowest BCUT2D eigenvalue weighted by Gasteiger charge is -2.22. The van der Waals surface area contributed by atoms with Gasteiger partial charge in [0.25, 0.3) is 5.91 Å². The van der Waals surface area contributed by atoms with Crippen molar-refractivity contribution in [3.63, 3.8) is 0 Å². The van der Waals surface area contributed by atoms with Crippen molar-refractivity contribution >= 4 is 22.8 Å². The number of benzene rings is 1. The Hall–Kier alpha value is -2.28. The van der Waals surface area contributed by atoms with Crippen LogP contribution < -0.4 is 4.74 Å². The summed E-state index contributed by atoms with van der Waals surface area (Å²) in [5, 5.41) is -0.110. The molecular formula is C18H19N3O3S. The zero-order valence-electron chi connectivity index (χ0n) is 16.7. The summed E-state index contributed by atoms with van der Waals surface area (Å²) in [6, 6.07) is 4.38. The maximum atomic E-state index is 13.2. The van der Waals surface area contributed by atoms with Crippen molar-refractivity contribution in [2.75, 3.05) is 19.3 Å². The summed E-state index contributed by atoms with van der Waals surface area (Å²) < 4.78 is 28.6. The number of hydrogen-bond donors (Lipinski definition) is 0. The summed E-state index contributed by atoms with van der Waals surface area (Å²) in [7, 11) is -2.60. The number of thioether (sulfide) groups is 1. The minimum atomic E-state index is -2.60. The zero-order valence-corrected chi connectivity index (χ0v) is 14.5. The van der Waals surface area contributed by atoms with E-state index in [2.05, 4.69) is 4.98 Å². The highest BCUT2D eigenvalue weighted by molar-refractivity contribution is 8.14. The fourth-order valence-electron chi connectivity index (χ4n) is 3.63. The second kappa shape index (κ2) is 6.22. The van der Waals surface area contributed by atoms with Crippen LogP contribution in [0.2, 0.25) is 0 Å². The molecule has 1 atom stereocenters. The average molecular weight is 360 g/mol. The third-order valence-electron chi connectivity index (χ3n) is 4.68. The Kier molecular flexibility index (Phi) is 3.23. The van der Waals surface area contributed by atoms with Gasteiger partial charge in [-0.25, -0.2) is 4.98 Å². The molecule has 0 N–H and O–H groups in total. The molecule has 0 saturated carbocycles. The normalized spacial score (nSPS) is 20.7. The maximum Gasteiger partial charge on any atom is 0.256 e. The van der Waals surface area contributed by atoms with Gasteiger partial charge in [0.15, 0.2) is 0 Å². The van der Waals surface area contributed by atoms with Crippen molar-refractivity contribution in [3.05, 3.63) is 41.5 Å². The van der Waals surface area contributed by atoms with Gasteiger partial charge in [0.1, 0.15) is 17.8 Å². The van der Waals surface area contributed by atoms with Gasteiger partial charge in [0.2, 0.25) is 5.12 Å². The monoisotopic (exact) mass is 360 g/mol. The Labute approximate surface area is 154 Å². The lowest BCUT2D eigenvalue weighted by molar-refractivity contribution is 0.0736. The summed E-state index contributed by atoms with van der Waals surface area (Å²) in [4.78, 5) is 31.9. The number of carbonyl (C=O) groups is 2. The number of methoxy groups -OCH3 is 1. The van der Waals surface area contributed by atoms with Crippen LogP contribution in [0.1, 0.15) is 56.5 Å². The Morgan fingerprint density at radius 3 is 3.20 bits per heavy atom. The van der Waals surface area contributed by atoms with E-state index in [-0.39, 0.29) is 22.8 Å². The minimum absolute atomic E-state index is 0.101. The van der Waals surface area contributed by atoms with Gasteiger partial charge < -0.3 is 9.64 Å². The van der Waals surface area contributed by atoms with Gasteiger partial charge in [0.05, 0.1) is 34.1 Å². The molecule has 0 unspecified atom stereocenters. The van der Waals surface area contributed by atoms with Crippen molar-refractivity contribution in [1.29, 1.82) is 0 Å². The summed E-state index contributed by atoms with van der Waals surface area (Å²) in [6.45, 7) is 2.48. The maximum absolute atomic E-state index is 13.2. The average Bonchev–Trinajstić information content (AvgIpc) is 3.24. The largest absolute Gasteiger partial charge is 0.497 e. The van der Waals surface area contributed by atoms with Crippen molar-refractivity contribution in [2.45, 2.75) is 25.8 Å². The lowest BCUT2D eigenvalue weighted by atomic mass is 10.1. The molecule has 130 valence electrons. The lowest BCUT2D eigenvalue weighted by Crippen LogP contribution is -2.30. The number of aromatic nitrogens is 2. The predicted octanol–water partition coefficient (Wildman–Crippen LogP) is 3.06. The van der Waals surface area contributed by atoms with Gasteiger partial charge in [-0.15, -0.1) is 0 Å². The summed E-state index contributed by atoms with van der Waals surface area (Å²) in [6.07, 6.45) is 3.15. The molecule has 0 spiro atoms. The van der Waals surface area contributed by atoms with Gasteiger partial charge in [-0.2, -0.15) is 0 Å². The number of imidazole rings is 1. The molecule has 2 aromatic rings. The molecule has 3 heterocycles. The first-order valence-electron chi connectivity index (χ1n) is 9.69. The second-order valence-corrected chi connectivity index (χ2v) is 7.24. The highest BCUT2D eigenvalue weighted by Gasteiger charge is 2.40. The Morgan fingerprint density at radius 1 is 1.52 bits per heavy atom. The van der Waals surface area contributed by atoms with E-state index < -0.39 is 7.04 Å². The molecule has 0 bridgehead atoms. The number of fused-ring (bicyclic) bond motifs is 5. The number of ether oxygens (including phenoxy) is 1. The number of nitrogens with zero attached hydrogens (tertiary/aromatic N) is 3. The van der Waals surface area contributed by atoms with Gasteiger partial charge in [-0.05, 0) is 36.8 Å². The third kappa shape index (κ3) is 2.45. The van der Waals surface area contributed by atoms with E-state index >= 15 is 0 Å². The van der Waals surface area contributed by atoms with Crippen LogP contribution in [-0.4, -0.2) is 44.8 Å². The van der Waals surface area contributed by atoms with Crippen LogP contribution in [0.4, 0.5) is 0 Å². The predicted molar refractivity (Wildman–Crippen MR) is 95.6 cm³/mol. The van der Waals surface area contributed by atoms with Gasteiger partial charge >= 0.3 is 0 Å². The Bertz CT molecular complexity index is 957. The Morgan fingerprint density at radius 2 is 2.40 bits per heavy atom. The van der Waals surface area contributed by atoms with Crippen LogP contribution in [0.25, 0.3) is 5.69 Å². The van der Waals surface area contributed by atoms with E-state index in [0.29, 0.717) is 29.2 Å². The molecule has 1 aromatic heterocycles. The Balaban J connectivity index is 1.88. The first-order chi connectivity index (χ1) is 13.3. The van der Waals surface area contributed by atoms with E-state index in [1.807, 2.05) is 6.92 Å². The van der Waals surface area contributed by atoms with Crippen molar-refractivity contribution < 1.29 is 18.4 Å². The van der Waals surface area contributed by atoms with Crippen LogP contribution in [-0.2, 0) is 0 Å². The summed E-state index contributed by atoms with van der Waals surface area (Å²) in [5.41, 5.74) is 2.01. The molecule has 1 aromatic carbocycles. The molecule has 1 saturated heterocycles. The molecule has 4 rings (SSSR count).